The average Bonchev–Trinajstić information content (AvgIpc) is 2.42. The molecule has 1 heterocycles. The molecule has 2 rings (SSSR count). The lowest BCUT2D eigenvalue weighted by atomic mass is 9.97. The predicted molar refractivity (Wildman–Crippen MR) is 83.9 cm³/mol. The number of rotatable bonds is 3. The number of halogens is 1. The smallest absolute Gasteiger partial charge is 0.243 e. The summed E-state index contributed by atoms with van der Waals surface area (Å²) in [6.07, 6.45) is 0.678. The molecule has 5 nitrogen and oxygen atoms in total. The zero-order valence-corrected chi connectivity index (χ0v) is 14.0. The third-order valence-corrected chi connectivity index (χ3v) is 6.35. The van der Waals surface area contributed by atoms with Gasteiger partial charge in [0.15, 0.2) is 0 Å². The number of hydrogen-bond donors (Lipinski definition) is 1. The summed E-state index contributed by atoms with van der Waals surface area (Å²) in [6, 6.07) is 3.02. The van der Waals surface area contributed by atoms with Crippen LogP contribution in [0.1, 0.15) is 18.9 Å². The van der Waals surface area contributed by atoms with Crippen molar-refractivity contribution in [3.8, 4) is 0 Å². The molecule has 1 saturated heterocycles. The van der Waals surface area contributed by atoms with Gasteiger partial charge in [-0.15, -0.1) is 0 Å². The van der Waals surface area contributed by atoms with E-state index < -0.39 is 10.0 Å². The first-order valence-corrected chi connectivity index (χ1v) is 8.67. The normalized spacial score (nSPS) is 24.2. The molecule has 1 aromatic rings. The van der Waals surface area contributed by atoms with Crippen molar-refractivity contribution < 1.29 is 13.2 Å². The molecule has 7 heteroatoms. The van der Waals surface area contributed by atoms with E-state index in [0.29, 0.717) is 35.3 Å². The van der Waals surface area contributed by atoms with Gasteiger partial charge < -0.3 is 10.5 Å². The van der Waals surface area contributed by atoms with Gasteiger partial charge in [-0.2, -0.15) is 4.31 Å². The number of ether oxygens (including phenoxy) is 1. The van der Waals surface area contributed by atoms with Crippen LogP contribution >= 0.6 is 11.6 Å². The highest BCUT2D eigenvalue weighted by atomic mass is 35.5. The van der Waals surface area contributed by atoms with Gasteiger partial charge in [0.1, 0.15) is 0 Å². The Labute approximate surface area is 131 Å². The van der Waals surface area contributed by atoms with Gasteiger partial charge in [-0.1, -0.05) is 18.5 Å². The topological polar surface area (TPSA) is 72.6 Å². The number of methoxy groups -OCH3 is 1. The first-order chi connectivity index (χ1) is 9.77. The Morgan fingerprint density at radius 2 is 2.10 bits per heavy atom. The molecule has 2 unspecified atom stereocenters. The van der Waals surface area contributed by atoms with Crippen molar-refractivity contribution in [3.63, 3.8) is 0 Å². The van der Waals surface area contributed by atoms with E-state index in [0.717, 1.165) is 6.42 Å². The number of anilines is 1. The maximum atomic E-state index is 12.8. The minimum atomic E-state index is -3.62. The van der Waals surface area contributed by atoms with Gasteiger partial charge in [-0.3, -0.25) is 0 Å². The fourth-order valence-electron chi connectivity index (χ4n) is 2.61. The van der Waals surface area contributed by atoms with Crippen LogP contribution < -0.4 is 5.73 Å². The van der Waals surface area contributed by atoms with Crippen LogP contribution in [0.15, 0.2) is 17.0 Å². The van der Waals surface area contributed by atoms with E-state index in [1.807, 2.05) is 0 Å². The molecule has 21 heavy (non-hydrogen) atoms. The van der Waals surface area contributed by atoms with E-state index in [2.05, 4.69) is 6.92 Å². The minimum Gasteiger partial charge on any atom is -0.398 e. The SMILES string of the molecule is COC1CN(S(=O)(=O)c2cc(Cl)cc(N)c2C)CCC1C. The molecule has 0 radical (unpaired) electrons. The average molecular weight is 333 g/mol. The maximum absolute atomic E-state index is 12.8. The van der Waals surface area contributed by atoms with Crippen LogP contribution in [0.4, 0.5) is 5.69 Å². The van der Waals surface area contributed by atoms with Gasteiger partial charge in [0.05, 0.1) is 11.0 Å². The number of hydrogen-bond acceptors (Lipinski definition) is 4. The van der Waals surface area contributed by atoms with Crippen molar-refractivity contribution in [2.75, 3.05) is 25.9 Å². The summed E-state index contributed by atoms with van der Waals surface area (Å²) in [6.45, 7) is 4.60. The van der Waals surface area contributed by atoms with Crippen molar-refractivity contribution in [1.29, 1.82) is 0 Å². The maximum Gasteiger partial charge on any atom is 0.243 e. The van der Waals surface area contributed by atoms with Crippen LogP contribution in [0.2, 0.25) is 5.02 Å². The van der Waals surface area contributed by atoms with Crippen LogP contribution in [0.25, 0.3) is 0 Å². The van der Waals surface area contributed by atoms with Gasteiger partial charge in [-0.05, 0) is 37.0 Å². The lowest BCUT2D eigenvalue weighted by Crippen LogP contribution is -2.46. The van der Waals surface area contributed by atoms with Crippen molar-refractivity contribution in [2.45, 2.75) is 31.3 Å². The summed E-state index contributed by atoms with van der Waals surface area (Å²) in [4.78, 5) is 0.178. The molecule has 0 bridgehead atoms. The van der Waals surface area contributed by atoms with E-state index in [-0.39, 0.29) is 11.0 Å². The highest BCUT2D eigenvalue weighted by Gasteiger charge is 2.34. The van der Waals surface area contributed by atoms with E-state index in [4.69, 9.17) is 22.1 Å². The minimum absolute atomic E-state index is 0.0923. The number of nitrogens with zero attached hydrogens (tertiary/aromatic N) is 1. The Bertz CT molecular complexity index is 633. The van der Waals surface area contributed by atoms with Crippen LogP contribution in [0, 0.1) is 12.8 Å². The van der Waals surface area contributed by atoms with E-state index in [1.54, 1.807) is 20.1 Å². The van der Waals surface area contributed by atoms with Gasteiger partial charge in [-0.25, -0.2) is 8.42 Å². The Morgan fingerprint density at radius 1 is 1.43 bits per heavy atom. The molecular weight excluding hydrogens is 312 g/mol. The molecule has 0 amide bonds. The van der Waals surface area contributed by atoms with Crippen LogP contribution in [0.3, 0.4) is 0 Å². The lowest BCUT2D eigenvalue weighted by molar-refractivity contribution is 0.0183. The van der Waals surface area contributed by atoms with Gasteiger partial charge in [0, 0.05) is 30.9 Å². The van der Waals surface area contributed by atoms with Crippen molar-refractivity contribution in [3.05, 3.63) is 22.7 Å². The lowest BCUT2D eigenvalue weighted by Gasteiger charge is -2.35. The molecular formula is C14H21ClN2O3S. The van der Waals surface area contributed by atoms with Gasteiger partial charge >= 0.3 is 0 Å². The molecule has 2 atom stereocenters. The second-order valence-electron chi connectivity index (χ2n) is 5.52. The van der Waals surface area contributed by atoms with Crippen molar-refractivity contribution >= 4 is 27.3 Å². The molecule has 0 aromatic heterocycles. The van der Waals surface area contributed by atoms with Crippen molar-refractivity contribution in [1.82, 2.24) is 4.31 Å². The second kappa shape index (κ2) is 6.12. The summed E-state index contributed by atoms with van der Waals surface area (Å²) in [7, 11) is -2.00. The zero-order valence-electron chi connectivity index (χ0n) is 12.5. The number of nitrogen functional groups attached to an aromatic ring is 1. The fraction of sp³-hybridized carbons (Fsp3) is 0.571. The van der Waals surface area contributed by atoms with Gasteiger partial charge in [0.25, 0.3) is 0 Å². The number of benzene rings is 1. The fourth-order valence-corrected chi connectivity index (χ4v) is 4.65. The monoisotopic (exact) mass is 332 g/mol. The Balaban J connectivity index is 2.39. The third-order valence-electron chi connectivity index (χ3n) is 4.14. The molecule has 1 aliphatic rings. The molecule has 2 N–H and O–H groups in total. The molecule has 1 aliphatic heterocycles. The van der Waals surface area contributed by atoms with Crippen molar-refractivity contribution in [2.24, 2.45) is 5.92 Å². The predicted octanol–water partition coefficient (Wildman–Crippen LogP) is 2.28. The second-order valence-corrected chi connectivity index (χ2v) is 7.86. The summed E-state index contributed by atoms with van der Waals surface area (Å²) in [5.74, 6) is 0.340. The van der Waals surface area contributed by atoms with Crippen LogP contribution in [-0.4, -0.2) is 39.0 Å². The van der Waals surface area contributed by atoms with Crippen LogP contribution in [0.5, 0.6) is 0 Å². The first kappa shape index (κ1) is 16.5. The standard InChI is InChI=1S/C14H21ClN2O3S/c1-9-4-5-17(8-13(9)20-3)21(18,19)14-7-11(15)6-12(16)10(14)2/h6-7,9,13H,4-5,8,16H2,1-3H3. The molecule has 1 fully saturated rings. The van der Waals surface area contributed by atoms with Gasteiger partial charge in [0.2, 0.25) is 10.0 Å². The molecule has 0 spiro atoms. The van der Waals surface area contributed by atoms with Crippen LogP contribution in [-0.2, 0) is 14.8 Å². The Hall–Kier alpha value is -0.820. The van der Waals surface area contributed by atoms with E-state index in [1.165, 1.54) is 10.4 Å². The summed E-state index contributed by atoms with van der Waals surface area (Å²) in [5.41, 5.74) is 6.75. The third kappa shape index (κ3) is 3.18. The summed E-state index contributed by atoms with van der Waals surface area (Å²) >= 11 is 5.96. The molecule has 118 valence electrons. The quantitative estimate of drug-likeness (QED) is 0.862. The largest absolute Gasteiger partial charge is 0.398 e. The van der Waals surface area contributed by atoms with E-state index >= 15 is 0 Å². The van der Waals surface area contributed by atoms with E-state index in [9.17, 15) is 8.42 Å². The highest BCUT2D eigenvalue weighted by Crippen LogP contribution is 2.31. The number of piperidine rings is 1. The highest BCUT2D eigenvalue weighted by molar-refractivity contribution is 7.89. The zero-order chi connectivity index (χ0) is 15.8. The first-order valence-electron chi connectivity index (χ1n) is 6.86. The number of sulfonamides is 1. The summed E-state index contributed by atoms with van der Waals surface area (Å²) in [5, 5.41) is 0.324. The molecule has 0 aliphatic carbocycles. The molecule has 0 saturated carbocycles. The Kier molecular flexibility index (Phi) is 4.82. The Morgan fingerprint density at radius 3 is 2.71 bits per heavy atom. The number of nitrogens with two attached hydrogens (primary N) is 1. The molecule has 1 aromatic carbocycles. The summed E-state index contributed by atoms with van der Waals surface area (Å²) < 4.78 is 32.5.